The van der Waals surface area contributed by atoms with Gasteiger partial charge in [-0.2, -0.15) is 0 Å². The third-order valence-electron chi connectivity index (χ3n) is 9.25. The Morgan fingerprint density at radius 3 is 1.36 bits per heavy atom. The van der Waals surface area contributed by atoms with Gasteiger partial charge in [-0.3, -0.25) is 0 Å². The van der Waals surface area contributed by atoms with Crippen LogP contribution in [0.25, 0.3) is 11.1 Å². The summed E-state index contributed by atoms with van der Waals surface area (Å²) in [6.07, 6.45) is 14.8. The Morgan fingerprint density at radius 1 is 0.489 bits per heavy atom. The van der Waals surface area contributed by atoms with Crippen molar-refractivity contribution in [2.75, 3.05) is 26.4 Å². The molecule has 0 bridgehead atoms. The summed E-state index contributed by atoms with van der Waals surface area (Å²) in [6, 6.07) is 36.4. The normalized spacial score (nSPS) is 12.9. The molecule has 4 aromatic carbocycles. The highest BCUT2D eigenvalue weighted by Gasteiger charge is 2.42. The van der Waals surface area contributed by atoms with Crippen LogP contribution in [0.3, 0.4) is 0 Å². The molecule has 0 saturated carbocycles. The Labute approximate surface area is 271 Å². The van der Waals surface area contributed by atoms with E-state index in [0.29, 0.717) is 13.2 Å². The van der Waals surface area contributed by atoms with Gasteiger partial charge in [0.1, 0.15) is 0 Å². The van der Waals surface area contributed by atoms with Gasteiger partial charge >= 0.3 is 0 Å². The van der Waals surface area contributed by atoms with E-state index in [1.807, 2.05) is 12.2 Å². The maximum absolute atomic E-state index is 5.72. The molecule has 4 aromatic rings. The van der Waals surface area contributed by atoms with Crippen molar-refractivity contribution in [3.63, 3.8) is 0 Å². The summed E-state index contributed by atoms with van der Waals surface area (Å²) in [6.45, 7) is 10.4. The molecular formula is C43H50O2. The van der Waals surface area contributed by atoms with E-state index in [0.717, 1.165) is 51.7 Å². The summed E-state index contributed by atoms with van der Waals surface area (Å²) >= 11 is 0. The van der Waals surface area contributed by atoms with Gasteiger partial charge in [0, 0.05) is 18.6 Å². The molecular weight excluding hydrogens is 548 g/mol. The first-order chi connectivity index (χ1) is 22.2. The molecule has 0 unspecified atom stereocenters. The van der Waals surface area contributed by atoms with E-state index in [9.17, 15) is 0 Å². The fraction of sp³-hybridized carbons (Fsp3) is 0.349. The van der Waals surface area contributed by atoms with Gasteiger partial charge in [0.05, 0.1) is 13.2 Å². The molecule has 0 saturated heterocycles. The molecule has 1 aliphatic rings. The Hall–Kier alpha value is -3.72. The molecule has 0 aliphatic heterocycles. The monoisotopic (exact) mass is 598 g/mol. The van der Waals surface area contributed by atoms with Gasteiger partial charge in [0.2, 0.25) is 0 Å². The third-order valence-corrected chi connectivity index (χ3v) is 9.25. The lowest BCUT2D eigenvalue weighted by Crippen LogP contribution is -2.26. The Kier molecular flexibility index (Phi) is 12.4. The largest absolute Gasteiger partial charge is 0.377 e. The number of ether oxygens (including phenoxy) is 2. The van der Waals surface area contributed by atoms with Gasteiger partial charge < -0.3 is 9.47 Å². The van der Waals surface area contributed by atoms with Gasteiger partial charge in [-0.1, -0.05) is 135 Å². The van der Waals surface area contributed by atoms with Crippen molar-refractivity contribution in [1.82, 2.24) is 0 Å². The minimum absolute atomic E-state index is 0.00795. The Bertz CT molecular complexity index is 1370. The van der Waals surface area contributed by atoms with E-state index in [1.165, 1.54) is 70.2 Å². The number of rotatable bonds is 20. The molecule has 5 rings (SSSR count). The topological polar surface area (TPSA) is 18.5 Å². The minimum atomic E-state index is 0.00795. The molecule has 0 N–H and O–H groups in total. The molecule has 0 aromatic heterocycles. The molecule has 0 atom stereocenters. The number of benzene rings is 4. The standard InChI is InChI=1S/C43H50O2/c1-3-27-44-29-15-7-13-25-43(26-14-8-16-30-45-28-4-2)41-33-37(31-35-17-9-5-10-18-35)21-23-39(41)40-24-22-38(34-42(40)43)32-36-19-11-6-12-20-36/h3-6,9-12,17-24,33-34H,1-2,7-8,13-16,25-32H2. The first-order valence-electron chi connectivity index (χ1n) is 17.0. The van der Waals surface area contributed by atoms with Crippen molar-refractivity contribution in [1.29, 1.82) is 0 Å². The van der Waals surface area contributed by atoms with E-state index < -0.39 is 0 Å². The first-order valence-corrected chi connectivity index (χ1v) is 17.0. The average Bonchev–Trinajstić information content (AvgIpc) is 3.33. The predicted octanol–water partition coefficient (Wildman–Crippen LogP) is 10.7. The fourth-order valence-corrected chi connectivity index (χ4v) is 7.08. The van der Waals surface area contributed by atoms with Crippen molar-refractivity contribution in [3.05, 3.63) is 156 Å². The molecule has 2 nitrogen and oxygen atoms in total. The van der Waals surface area contributed by atoms with Crippen LogP contribution in [-0.2, 0) is 27.7 Å². The van der Waals surface area contributed by atoms with Crippen LogP contribution in [0.1, 0.15) is 84.7 Å². The second-order valence-electron chi connectivity index (χ2n) is 12.5. The van der Waals surface area contributed by atoms with Crippen LogP contribution in [0.15, 0.2) is 122 Å². The van der Waals surface area contributed by atoms with E-state index in [4.69, 9.17) is 9.47 Å². The van der Waals surface area contributed by atoms with Crippen LogP contribution in [0.5, 0.6) is 0 Å². The maximum atomic E-state index is 5.72. The highest BCUT2D eigenvalue weighted by atomic mass is 16.5. The Balaban J connectivity index is 1.47. The van der Waals surface area contributed by atoms with Crippen LogP contribution in [0.2, 0.25) is 0 Å². The van der Waals surface area contributed by atoms with Crippen LogP contribution in [0, 0.1) is 0 Å². The number of hydrogen-bond acceptors (Lipinski definition) is 2. The SMILES string of the molecule is C=CCOCCCCCC1(CCCCCOCC=C)c2cc(Cc3ccccc3)ccc2-c2ccc(Cc3ccccc3)cc21. The molecule has 0 radical (unpaired) electrons. The van der Waals surface area contributed by atoms with Crippen LogP contribution in [0.4, 0.5) is 0 Å². The van der Waals surface area contributed by atoms with Crippen LogP contribution in [-0.4, -0.2) is 26.4 Å². The highest BCUT2D eigenvalue weighted by Crippen LogP contribution is 2.54. The van der Waals surface area contributed by atoms with Gasteiger partial charge in [-0.15, -0.1) is 13.2 Å². The van der Waals surface area contributed by atoms with Gasteiger partial charge in [-0.25, -0.2) is 0 Å². The summed E-state index contributed by atoms with van der Waals surface area (Å²) in [5, 5.41) is 0. The zero-order chi connectivity index (χ0) is 31.2. The minimum Gasteiger partial charge on any atom is -0.377 e. The summed E-state index contributed by atoms with van der Waals surface area (Å²) in [5.74, 6) is 0. The number of fused-ring (bicyclic) bond motifs is 3. The average molecular weight is 599 g/mol. The highest BCUT2D eigenvalue weighted by molar-refractivity contribution is 5.82. The molecule has 0 amide bonds. The lowest BCUT2D eigenvalue weighted by molar-refractivity contribution is 0.155. The van der Waals surface area contributed by atoms with Crippen molar-refractivity contribution < 1.29 is 9.47 Å². The summed E-state index contributed by atoms with van der Waals surface area (Å²) in [7, 11) is 0. The van der Waals surface area contributed by atoms with Crippen molar-refractivity contribution >= 4 is 0 Å². The lowest BCUT2D eigenvalue weighted by Gasteiger charge is -2.33. The van der Waals surface area contributed by atoms with Crippen LogP contribution >= 0.6 is 0 Å². The molecule has 1 aliphatic carbocycles. The zero-order valence-electron chi connectivity index (χ0n) is 27.0. The lowest BCUT2D eigenvalue weighted by atomic mass is 9.70. The van der Waals surface area contributed by atoms with E-state index >= 15 is 0 Å². The van der Waals surface area contributed by atoms with Gasteiger partial charge in [0.15, 0.2) is 0 Å². The number of hydrogen-bond donors (Lipinski definition) is 0. The quantitative estimate of drug-likeness (QED) is 0.0744. The van der Waals surface area contributed by atoms with E-state index in [1.54, 1.807) is 0 Å². The molecule has 234 valence electrons. The molecule has 0 fully saturated rings. The zero-order valence-corrected chi connectivity index (χ0v) is 27.0. The van der Waals surface area contributed by atoms with Crippen molar-refractivity contribution in [2.24, 2.45) is 0 Å². The summed E-state index contributed by atoms with van der Waals surface area (Å²) < 4.78 is 11.4. The fourth-order valence-electron chi connectivity index (χ4n) is 7.08. The van der Waals surface area contributed by atoms with Gasteiger partial charge in [-0.05, 0) is 83.0 Å². The van der Waals surface area contributed by atoms with E-state index in [-0.39, 0.29) is 5.41 Å². The molecule has 45 heavy (non-hydrogen) atoms. The van der Waals surface area contributed by atoms with E-state index in [2.05, 4.69) is 110 Å². The molecule has 0 spiro atoms. The molecule has 2 heteroatoms. The summed E-state index contributed by atoms with van der Waals surface area (Å²) in [5.41, 5.74) is 11.5. The first kappa shape index (κ1) is 32.7. The smallest absolute Gasteiger partial charge is 0.0644 e. The molecule has 0 heterocycles. The Morgan fingerprint density at radius 2 is 0.933 bits per heavy atom. The van der Waals surface area contributed by atoms with Crippen molar-refractivity contribution in [3.8, 4) is 11.1 Å². The second kappa shape index (κ2) is 17.1. The van der Waals surface area contributed by atoms with Crippen molar-refractivity contribution in [2.45, 2.75) is 69.6 Å². The predicted molar refractivity (Wildman–Crippen MR) is 190 cm³/mol. The maximum Gasteiger partial charge on any atom is 0.0644 e. The van der Waals surface area contributed by atoms with Crippen LogP contribution < -0.4 is 0 Å². The third kappa shape index (κ3) is 8.72. The second-order valence-corrected chi connectivity index (χ2v) is 12.5. The number of unbranched alkanes of at least 4 members (excludes halogenated alkanes) is 4. The summed E-state index contributed by atoms with van der Waals surface area (Å²) in [4.78, 5) is 0. The van der Waals surface area contributed by atoms with Gasteiger partial charge in [0.25, 0.3) is 0 Å².